The van der Waals surface area contributed by atoms with Gasteiger partial charge in [-0.05, 0) is 42.0 Å². The van der Waals surface area contributed by atoms with Crippen LogP contribution in [-0.2, 0) is 4.79 Å². The Morgan fingerprint density at radius 2 is 1.62 bits per heavy atom. The molecule has 0 heterocycles. The molecule has 0 unspecified atom stereocenters. The van der Waals surface area contributed by atoms with Gasteiger partial charge in [-0.1, -0.05) is 42.5 Å². The van der Waals surface area contributed by atoms with Crippen LogP contribution in [-0.4, -0.2) is 17.4 Å². The Morgan fingerprint density at radius 3 is 2.42 bits per heavy atom. The minimum atomic E-state index is -0.123. The molecule has 3 rings (SSSR count). The van der Waals surface area contributed by atoms with Gasteiger partial charge in [0, 0.05) is 10.5 Å². The molecule has 3 nitrogen and oxygen atoms in total. The van der Waals surface area contributed by atoms with Crippen LogP contribution in [0.1, 0.15) is 17.3 Å². The summed E-state index contributed by atoms with van der Waals surface area (Å²) in [5.74, 6) is 0.111. The summed E-state index contributed by atoms with van der Waals surface area (Å²) in [7, 11) is 0. The predicted octanol–water partition coefficient (Wildman–Crippen LogP) is 4.77. The van der Waals surface area contributed by atoms with Crippen LogP contribution in [0.2, 0.25) is 0 Å². The van der Waals surface area contributed by atoms with Crippen molar-refractivity contribution in [1.82, 2.24) is 0 Å². The van der Waals surface area contributed by atoms with Gasteiger partial charge in [-0.15, -0.1) is 11.8 Å². The van der Waals surface area contributed by atoms with Crippen molar-refractivity contribution in [2.75, 3.05) is 11.1 Å². The standard InChI is InChI=1S/C20H17NO2S/c1-14(22)18-8-4-5-9-19(18)21-20(23)13-24-17-11-10-15-6-2-3-7-16(15)12-17/h2-12H,13H2,1H3,(H,21,23). The Balaban J connectivity index is 1.66. The number of anilines is 1. The second-order valence-corrected chi connectivity index (χ2v) is 6.50. The van der Waals surface area contributed by atoms with Crippen molar-refractivity contribution < 1.29 is 9.59 Å². The molecule has 0 aliphatic rings. The summed E-state index contributed by atoms with van der Waals surface area (Å²) < 4.78 is 0. The van der Waals surface area contributed by atoms with E-state index in [1.165, 1.54) is 24.1 Å². The highest BCUT2D eigenvalue weighted by atomic mass is 32.2. The number of benzene rings is 3. The molecule has 0 atom stereocenters. The van der Waals surface area contributed by atoms with Gasteiger partial charge in [-0.3, -0.25) is 9.59 Å². The van der Waals surface area contributed by atoms with Crippen LogP contribution in [0.25, 0.3) is 10.8 Å². The Kier molecular flexibility index (Phi) is 4.96. The maximum Gasteiger partial charge on any atom is 0.234 e. The van der Waals surface area contributed by atoms with Crippen molar-refractivity contribution in [3.05, 3.63) is 72.3 Å². The smallest absolute Gasteiger partial charge is 0.234 e. The van der Waals surface area contributed by atoms with Crippen molar-refractivity contribution >= 4 is 39.9 Å². The zero-order valence-corrected chi connectivity index (χ0v) is 14.1. The van der Waals surface area contributed by atoms with Gasteiger partial charge in [0.05, 0.1) is 11.4 Å². The fourth-order valence-electron chi connectivity index (χ4n) is 2.49. The quantitative estimate of drug-likeness (QED) is 0.539. The van der Waals surface area contributed by atoms with Crippen LogP contribution in [0.15, 0.2) is 71.6 Å². The number of hydrogen-bond acceptors (Lipinski definition) is 3. The van der Waals surface area contributed by atoms with E-state index < -0.39 is 0 Å². The predicted molar refractivity (Wildman–Crippen MR) is 99.7 cm³/mol. The van der Waals surface area contributed by atoms with Gasteiger partial charge in [0.2, 0.25) is 5.91 Å². The molecule has 3 aromatic carbocycles. The average molecular weight is 335 g/mol. The summed E-state index contributed by atoms with van der Waals surface area (Å²) in [5, 5.41) is 5.16. The SMILES string of the molecule is CC(=O)c1ccccc1NC(=O)CSc1ccc2ccccc2c1. The number of carbonyl (C=O) groups is 2. The van der Waals surface area contributed by atoms with E-state index in [1.807, 2.05) is 18.2 Å². The topological polar surface area (TPSA) is 46.2 Å². The van der Waals surface area contributed by atoms with Gasteiger partial charge >= 0.3 is 0 Å². The van der Waals surface area contributed by atoms with Gasteiger partial charge in [-0.2, -0.15) is 0 Å². The molecule has 3 aromatic rings. The first-order chi connectivity index (χ1) is 11.6. The van der Waals surface area contributed by atoms with Gasteiger partial charge in [0.1, 0.15) is 0 Å². The largest absolute Gasteiger partial charge is 0.325 e. The lowest BCUT2D eigenvalue weighted by atomic mass is 10.1. The summed E-state index contributed by atoms with van der Waals surface area (Å²) in [6, 6.07) is 21.3. The van der Waals surface area contributed by atoms with Gasteiger partial charge in [0.15, 0.2) is 5.78 Å². The Bertz CT molecular complexity index is 905. The van der Waals surface area contributed by atoms with E-state index in [4.69, 9.17) is 0 Å². The summed E-state index contributed by atoms with van der Waals surface area (Å²) in [4.78, 5) is 24.8. The van der Waals surface area contributed by atoms with E-state index in [2.05, 4.69) is 29.6 Å². The van der Waals surface area contributed by atoms with E-state index >= 15 is 0 Å². The first-order valence-electron chi connectivity index (χ1n) is 7.65. The Morgan fingerprint density at radius 1 is 0.917 bits per heavy atom. The first-order valence-corrected chi connectivity index (χ1v) is 8.63. The molecule has 0 aliphatic heterocycles. The minimum absolute atomic E-state index is 0.0620. The normalized spacial score (nSPS) is 10.5. The molecule has 0 saturated carbocycles. The van der Waals surface area contributed by atoms with Crippen molar-refractivity contribution in [2.45, 2.75) is 11.8 Å². The fraction of sp³-hybridized carbons (Fsp3) is 0.100. The highest BCUT2D eigenvalue weighted by molar-refractivity contribution is 8.00. The number of amides is 1. The number of thioether (sulfide) groups is 1. The van der Waals surface area contributed by atoms with Gasteiger partial charge in [0.25, 0.3) is 0 Å². The molecular weight excluding hydrogens is 318 g/mol. The third kappa shape index (κ3) is 3.84. The van der Waals surface area contributed by atoms with Crippen LogP contribution in [0.5, 0.6) is 0 Å². The monoisotopic (exact) mass is 335 g/mol. The molecule has 0 fully saturated rings. The summed E-state index contributed by atoms with van der Waals surface area (Å²) in [5.41, 5.74) is 1.09. The third-order valence-corrected chi connectivity index (χ3v) is 4.67. The lowest BCUT2D eigenvalue weighted by Crippen LogP contribution is -2.16. The van der Waals surface area contributed by atoms with Crippen LogP contribution in [0.3, 0.4) is 0 Å². The van der Waals surface area contributed by atoms with Crippen LogP contribution in [0.4, 0.5) is 5.69 Å². The van der Waals surface area contributed by atoms with E-state index in [0.717, 1.165) is 10.3 Å². The minimum Gasteiger partial charge on any atom is -0.325 e. The second kappa shape index (κ2) is 7.32. The molecule has 0 aliphatic carbocycles. The number of rotatable bonds is 5. The summed E-state index contributed by atoms with van der Waals surface area (Å²) in [6.45, 7) is 1.49. The Hall–Kier alpha value is -2.59. The molecule has 24 heavy (non-hydrogen) atoms. The van der Waals surface area contributed by atoms with Crippen LogP contribution >= 0.6 is 11.8 Å². The molecule has 0 radical (unpaired) electrons. The van der Waals surface area contributed by atoms with Crippen molar-refractivity contribution in [3.8, 4) is 0 Å². The maximum absolute atomic E-state index is 12.2. The number of Topliss-reactive ketones (excluding diaryl/α,β-unsaturated/α-hetero) is 1. The molecule has 0 bridgehead atoms. The summed E-state index contributed by atoms with van der Waals surface area (Å²) in [6.07, 6.45) is 0. The van der Waals surface area contributed by atoms with Crippen LogP contribution in [0, 0.1) is 0 Å². The molecular formula is C20H17NO2S. The van der Waals surface area contributed by atoms with Crippen LogP contribution < -0.4 is 5.32 Å². The van der Waals surface area contributed by atoms with E-state index in [-0.39, 0.29) is 11.7 Å². The van der Waals surface area contributed by atoms with E-state index in [0.29, 0.717) is 17.0 Å². The average Bonchev–Trinajstić information content (AvgIpc) is 2.60. The van der Waals surface area contributed by atoms with Gasteiger partial charge in [-0.25, -0.2) is 0 Å². The molecule has 120 valence electrons. The molecule has 1 amide bonds. The molecule has 0 spiro atoms. The zero-order valence-electron chi connectivity index (χ0n) is 13.3. The second-order valence-electron chi connectivity index (χ2n) is 5.45. The molecule has 0 aromatic heterocycles. The number of ketones is 1. The van der Waals surface area contributed by atoms with Crippen molar-refractivity contribution in [1.29, 1.82) is 0 Å². The molecule has 0 saturated heterocycles. The summed E-state index contributed by atoms with van der Waals surface area (Å²) >= 11 is 1.48. The number of para-hydroxylation sites is 1. The molecule has 1 N–H and O–H groups in total. The zero-order chi connectivity index (χ0) is 16.9. The maximum atomic E-state index is 12.2. The number of carbonyl (C=O) groups excluding carboxylic acids is 2. The lowest BCUT2D eigenvalue weighted by Gasteiger charge is -2.09. The van der Waals surface area contributed by atoms with E-state index in [1.54, 1.807) is 24.3 Å². The lowest BCUT2D eigenvalue weighted by molar-refractivity contribution is -0.113. The fourth-order valence-corrected chi connectivity index (χ4v) is 3.24. The highest BCUT2D eigenvalue weighted by Crippen LogP contribution is 2.24. The van der Waals surface area contributed by atoms with Gasteiger partial charge < -0.3 is 5.32 Å². The van der Waals surface area contributed by atoms with Crippen molar-refractivity contribution in [3.63, 3.8) is 0 Å². The first kappa shape index (κ1) is 16.3. The highest BCUT2D eigenvalue weighted by Gasteiger charge is 2.10. The third-order valence-electron chi connectivity index (χ3n) is 3.67. The molecule has 4 heteroatoms. The number of hydrogen-bond donors (Lipinski definition) is 1. The van der Waals surface area contributed by atoms with Crippen molar-refractivity contribution in [2.24, 2.45) is 0 Å². The number of nitrogens with one attached hydrogen (secondary N) is 1. The number of fused-ring (bicyclic) bond motifs is 1. The Labute approximate surface area is 145 Å². The van der Waals surface area contributed by atoms with E-state index in [9.17, 15) is 9.59 Å².